The van der Waals surface area contributed by atoms with E-state index in [9.17, 15) is 14.4 Å². The molecule has 0 unspecified atom stereocenters. The molecular weight excluding hydrogens is 410 g/mol. The van der Waals surface area contributed by atoms with Crippen LogP contribution < -0.4 is 21.9 Å². The van der Waals surface area contributed by atoms with Gasteiger partial charge in [-0.2, -0.15) is 4.98 Å². The van der Waals surface area contributed by atoms with E-state index < -0.39 is 0 Å². The summed E-state index contributed by atoms with van der Waals surface area (Å²) in [6, 6.07) is 11.8. The van der Waals surface area contributed by atoms with Gasteiger partial charge in [-0.15, -0.1) is 0 Å². The van der Waals surface area contributed by atoms with Crippen molar-refractivity contribution in [3.05, 3.63) is 87.6 Å². The molecule has 4 rings (SSSR count). The Labute approximate surface area is 182 Å². The van der Waals surface area contributed by atoms with Crippen molar-refractivity contribution >= 4 is 28.8 Å². The van der Waals surface area contributed by atoms with Crippen LogP contribution in [0.4, 0.5) is 5.95 Å². The first-order valence-corrected chi connectivity index (χ1v) is 9.92. The summed E-state index contributed by atoms with van der Waals surface area (Å²) in [5.41, 5.74) is 8.07. The highest BCUT2D eigenvalue weighted by Crippen LogP contribution is 2.10. The molecule has 3 heterocycles. The summed E-state index contributed by atoms with van der Waals surface area (Å²) in [7, 11) is 0. The zero-order valence-electron chi connectivity index (χ0n) is 17.0. The molecule has 6 N–H and O–H groups in total. The minimum atomic E-state index is -0.321. The molecule has 0 radical (unpaired) electrons. The lowest BCUT2D eigenvalue weighted by atomic mass is 10.1. The number of anilines is 1. The van der Waals surface area contributed by atoms with Gasteiger partial charge in [0.1, 0.15) is 5.65 Å². The number of amides is 2. The first-order valence-electron chi connectivity index (χ1n) is 9.92. The number of carbonyl (C=O) groups is 2. The first kappa shape index (κ1) is 20.8. The second-order valence-corrected chi connectivity index (χ2v) is 7.13. The quantitative estimate of drug-likeness (QED) is 0.295. The van der Waals surface area contributed by atoms with Crippen molar-refractivity contribution in [2.45, 2.75) is 13.0 Å². The molecule has 0 spiro atoms. The zero-order chi connectivity index (χ0) is 22.5. The number of aromatic amines is 2. The van der Waals surface area contributed by atoms with Crippen molar-refractivity contribution in [1.82, 2.24) is 30.6 Å². The average molecular weight is 431 g/mol. The second-order valence-electron chi connectivity index (χ2n) is 7.13. The molecule has 32 heavy (non-hydrogen) atoms. The van der Waals surface area contributed by atoms with Crippen molar-refractivity contribution in [3.63, 3.8) is 0 Å². The van der Waals surface area contributed by atoms with Crippen LogP contribution in [0.2, 0.25) is 0 Å². The number of nitrogen functional groups attached to an aromatic ring is 1. The van der Waals surface area contributed by atoms with Crippen LogP contribution in [-0.2, 0) is 13.0 Å². The van der Waals surface area contributed by atoms with Crippen molar-refractivity contribution in [2.24, 2.45) is 0 Å². The zero-order valence-corrected chi connectivity index (χ0v) is 17.0. The lowest BCUT2D eigenvalue weighted by molar-refractivity contribution is 0.0950. The number of pyridine rings is 1. The van der Waals surface area contributed by atoms with Crippen LogP contribution in [-0.4, -0.2) is 38.3 Å². The van der Waals surface area contributed by atoms with Gasteiger partial charge in [-0.25, -0.2) is 0 Å². The first-order chi connectivity index (χ1) is 15.5. The van der Waals surface area contributed by atoms with Crippen molar-refractivity contribution in [1.29, 1.82) is 0 Å². The Balaban J connectivity index is 1.34. The summed E-state index contributed by atoms with van der Waals surface area (Å²) in [5, 5.41) is 6.04. The van der Waals surface area contributed by atoms with E-state index >= 15 is 0 Å². The monoisotopic (exact) mass is 431 g/mol. The normalized spacial score (nSPS) is 10.8. The molecule has 0 saturated heterocycles. The molecule has 0 aliphatic carbocycles. The summed E-state index contributed by atoms with van der Waals surface area (Å²) in [6.07, 6.45) is 3.78. The Kier molecular flexibility index (Phi) is 5.93. The number of aromatic nitrogens is 4. The van der Waals surface area contributed by atoms with E-state index in [-0.39, 0.29) is 23.3 Å². The second kappa shape index (κ2) is 9.13. The van der Waals surface area contributed by atoms with E-state index in [0.29, 0.717) is 41.7 Å². The van der Waals surface area contributed by atoms with E-state index in [4.69, 9.17) is 5.73 Å². The lowest BCUT2D eigenvalue weighted by Crippen LogP contribution is -2.27. The highest BCUT2D eigenvalue weighted by atomic mass is 16.2. The lowest BCUT2D eigenvalue weighted by Gasteiger charge is -2.08. The topological polar surface area (TPSA) is 159 Å². The van der Waals surface area contributed by atoms with Crippen LogP contribution in [0.15, 0.2) is 59.7 Å². The van der Waals surface area contributed by atoms with Gasteiger partial charge in [0.25, 0.3) is 17.4 Å². The van der Waals surface area contributed by atoms with Gasteiger partial charge in [-0.3, -0.25) is 24.4 Å². The number of hydrogen-bond acceptors (Lipinski definition) is 6. The van der Waals surface area contributed by atoms with E-state index in [2.05, 4.69) is 30.6 Å². The highest BCUT2D eigenvalue weighted by Gasteiger charge is 2.11. The Bertz CT molecular complexity index is 1330. The van der Waals surface area contributed by atoms with Crippen molar-refractivity contribution in [2.75, 3.05) is 12.3 Å². The number of fused-ring (bicyclic) bond motifs is 1. The molecule has 0 bridgehead atoms. The minimum absolute atomic E-state index is 0.0360. The maximum Gasteiger partial charge on any atom is 0.261 e. The number of carbonyl (C=O) groups excluding carboxylic acids is 2. The van der Waals surface area contributed by atoms with Crippen LogP contribution in [0.3, 0.4) is 0 Å². The van der Waals surface area contributed by atoms with E-state index in [1.807, 2.05) is 12.1 Å². The van der Waals surface area contributed by atoms with Gasteiger partial charge in [0.15, 0.2) is 0 Å². The highest BCUT2D eigenvalue weighted by molar-refractivity contribution is 5.99. The fourth-order valence-corrected chi connectivity index (χ4v) is 3.23. The van der Waals surface area contributed by atoms with Crippen molar-refractivity contribution in [3.8, 4) is 0 Å². The average Bonchev–Trinajstić information content (AvgIpc) is 3.21. The fourth-order valence-electron chi connectivity index (χ4n) is 3.23. The number of nitrogens with one attached hydrogen (secondary N) is 4. The molecule has 1 aromatic carbocycles. The van der Waals surface area contributed by atoms with E-state index in [1.165, 1.54) is 0 Å². The number of nitrogens with zero attached hydrogens (tertiary/aromatic N) is 2. The number of rotatable bonds is 7. The molecule has 0 fully saturated rings. The molecule has 10 nitrogen and oxygen atoms in total. The Hall–Kier alpha value is -4.47. The standard InChI is InChI=1S/C22H21N7O3/c23-22-28-18-17(21(32)29-22)11-16(27-18)6-9-25-19(30)14-2-1-3-15(10-14)20(31)26-12-13-4-7-24-8-5-13/h1-5,7-8,10-11H,6,9,12H2,(H,25,30)(H,26,31)(H4,23,27,28,29,32). The van der Waals surface area contributed by atoms with Crippen LogP contribution >= 0.6 is 0 Å². The molecule has 0 aliphatic rings. The molecule has 2 amide bonds. The maximum atomic E-state index is 12.5. The third kappa shape index (κ3) is 4.81. The molecule has 162 valence electrons. The molecule has 4 aromatic rings. The summed E-state index contributed by atoms with van der Waals surface area (Å²) >= 11 is 0. The van der Waals surface area contributed by atoms with Crippen LogP contribution in [0.1, 0.15) is 32.0 Å². The Morgan fingerprint density at radius 2 is 1.69 bits per heavy atom. The molecule has 3 aromatic heterocycles. The van der Waals surface area contributed by atoms with Crippen LogP contribution in [0, 0.1) is 0 Å². The maximum absolute atomic E-state index is 12.5. The van der Waals surface area contributed by atoms with E-state index in [1.54, 1.807) is 42.7 Å². The van der Waals surface area contributed by atoms with Gasteiger partial charge in [0.2, 0.25) is 5.95 Å². The van der Waals surface area contributed by atoms with Gasteiger partial charge in [-0.1, -0.05) is 6.07 Å². The summed E-state index contributed by atoms with van der Waals surface area (Å²) in [4.78, 5) is 50.3. The molecule has 0 atom stereocenters. The van der Waals surface area contributed by atoms with E-state index in [0.717, 1.165) is 11.3 Å². The third-order valence-electron chi connectivity index (χ3n) is 4.84. The predicted molar refractivity (Wildman–Crippen MR) is 119 cm³/mol. The summed E-state index contributed by atoms with van der Waals surface area (Å²) in [6.45, 7) is 0.698. The fraction of sp³-hybridized carbons (Fsp3) is 0.136. The number of nitrogens with two attached hydrogens (primary N) is 1. The van der Waals surface area contributed by atoms with Gasteiger partial charge < -0.3 is 21.4 Å². The SMILES string of the molecule is Nc1nc2[nH]c(CCNC(=O)c3cccc(C(=O)NCc4ccncc4)c3)cc2c(=O)[nH]1. The summed E-state index contributed by atoms with van der Waals surface area (Å²) in [5.74, 6) is -0.537. The predicted octanol–water partition coefficient (Wildman–Crippen LogP) is 1.13. The Morgan fingerprint density at radius 3 is 2.44 bits per heavy atom. The number of benzene rings is 1. The van der Waals surface area contributed by atoms with Gasteiger partial charge in [-0.05, 0) is 42.0 Å². The molecular formula is C22H21N7O3. The third-order valence-corrected chi connectivity index (χ3v) is 4.84. The molecule has 10 heteroatoms. The van der Waals surface area contributed by atoms with Gasteiger partial charge >= 0.3 is 0 Å². The summed E-state index contributed by atoms with van der Waals surface area (Å²) < 4.78 is 0. The molecule has 0 aliphatic heterocycles. The van der Waals surface area contributed by atoms with Gasteiger partial charge in [0, 0.05) is 48.7 Å². The Morgan fingerprint density at radius 1 is 0.969 bits per heavy atom. The van der Waals surface area contributed by atoms with Crippen LogP contribution in [0.5, 0.6) is 0 Å². The largest absolute Gasteiger partial charge is 0.369 e. The van der Waals surface area contributed by atoms with Crippen molar-refractivity contribution < 1.29 is 9.59 Å². The smallest absolute Gasteiger partial charge is 0.261 e. The van der Waals surface area contributed by atoms with Crippen LogP contribution in [0.25, 0.3) is 11.0 Å². The van der Waals surface area contributed by atoms with Gasteiger partial charge in [0.05, 0.1) is 5.39 Å². The number of hydrogen-bond donors (Lipinski definition) is 5. The molecule has 0 saturated carbocycles. The number of H-pyrrole nitrogens is 2. The minimum Gasteiger partial charge on any atom is -0.369 e.